The lowest BCUT2D eigenvalue weighted by Gasteiger charge is -2.15. The third-order valence-electron chi connectivity index (χ3n) is 23.8. The summed E-state index contributed by atoms with van der Waals surface area (Å²) in [5, 5.41) is 9.93. The predicted molar refractivity (Wildman–Crippen MR) is 519 cm³/mol. The van der Waals surface area contributed by atoms with Crippen molar-refractivity contribution in [1.29, 1.82) is 0 Å². The van der Waals surface area contributed by atoms with E-state index in [1.807, 2.05) is 46.9 Å². The van der Waals surface area contributed by atoms with E-state index in [1.165, 1.54) is 101 Å². The molecule has 0 aliphatic carbocycles. The van der Waals surface area contributed by atoms with E-state index >= 15 is 0 Å². The number of para-hydroxylation sites is 4. The zero-order valence-electron chi connectivity index (χ0n) is 67.0. The molecule has 0 aliphatic heterocycles. The van der Waals surface area contributed by atoms with Crippen LogP contribution >= 0.6 is 22.7 Å². The largest absolute Gasteiger partial charge is 0.308 e. The summed E-state index contributed by atoms with van der Waals surface area (Å²) < 4.78 is 9.90. The number of fused-ring (bicyclic) bond motifs is 12. The van der Waals surface area contributed by atoms with E-state index in [4.69, 9.17) is 29.9 Å². The first-order valence-electron chi connectivity index (χ1n) is 41.7. The molecule has 0 fully saturated rings. The van der Waals surface area contributed by atoms with Gasteiger partial charge in [-0.25, -0.2) is 29.9 Å². The van der Waals surface area contributed by atoms with Gasteiger partial charge in [0.25, 0.3) is 0 Å². The van der Waals surface area contributed by atoms with Gasteiger partial charge in [0.15, 0.2) is 34.9 Å². The highest BCUT2D eigenvalue weighted by atomic mass is 32.1. The summed E-state index contributed by atoms with van der Waals surface area (Å²) in [6.45, 7) is 0. The Hall–Kier alpha value is -16.0. The average Bonchev–Trinajstić information content (AvgIpc) is 1.57. The molecule has 124 heavy (non-hydrogen) atoms. The molecule has 8 nitrogen and oxygen atoms in total. The van der Waals surface area contributed by atoms with E-state index in [2.05, 4.69) is 422 Å². The first-order valence-corrected chi connectivity index (χ1v) is 43.3. The molecular weight excluding hydrogens is 1550 g/mol. The smallest absolute Gasteiger partial charge is 0.166 e. The Morgan fingerprint density at radius 3 is 0.806 bits per heavy atom. The van der Waals surface area contributed by atoms with Gasteiger partial charge >= 0.3 is 0 Å². The quantitative estimate of drug-likeness (QED) is 0.108. The van der Waals surface area contributed by atoms with Crippen LogP contribution in [0.15, 0.2) is 437 Å². The number of benzene rings is 18. The zero-order chi connectivity index (χ0) is 82.0. The summed E-state index contributed by atoms with van der Waals surface area (Å²) in [6.07, 6.45) is 0. The van der Waals surface area contributed by atoms with Crippen molar-refractivity contribution < 1.29 is 0 Å². The van der Waals surface area contributed by atoms with Gasteiger partial charge < -0.3 is 9.13 Å². The minimum atomic E-state index is 0.610. The molecule has 0 spiro atoms. The summed E-state index contributed by atoms with van der Waals surface area (Å²) in [5.41, 5.74) is 26.2. The van der Waals surface area contributed by atoms with Crippen LogP contribution in [-0.4, -0.2) is 39.0 Å². The lowest BCUT2D eigenvalue weighted by Crippen LogP contribution is -2.03. The first kappa shape index (κ1) is 73.2. The first-order chi connectivity index (χ1) is 61.5. The molecule has 0 amide bonds. The highest BCUT2D eigenvalue weighted by Crippen LogP contribution is 2.48. The summed E-state index contributed by atoms with van der Waals surface area (Å²) >= 11 is 3.73. The van der Waals surface area contributed by atoms with Crippen molar-refractivity contribution in [3.8, 4) is 146 Å². The van der Waals surface area contributed by atoms with Crippen molar-refractivity contribution in [3.63, 3.8) is 0 Å². The van der Waals surface area contributed by atoms with E-state index in [0.29, 0.717) is 34.9 Å². The number of aromatic nitrogens is 8. The van der Waals surface area contributed by atoms with Crippen LogP contribution < -0.4 is 0 Å². The maximum Gasteiger partial charge on any atom is 0.166 e. The molecule has 0 saturated carbocycles. The SMILES string of the molecule is c1ccc(-c2ccc(-c3nc(-c4ccc(-c5ccccc5)cc4)nc(-c4ccccc4-n4c5ccccc5c5cc6c(cc54)sc4c(-c5ccccc5)cccc46)n3)cc2)cc1.c1ccc(-c2ccc(-c3nc(-c4cccc(-c5ccccc5)c4)nc(-c4ccccc4-n4c5ccccc5c5cc6c(cc54)sc4c(-c5ccccc5)cccc46)n3)cc2)cc1. The van der Waals surface area contributed by atoms with Crippen molar-refractivity contribution in [3.05, 3.63) is 437 Å². The summed E-state index contributed by atoms with van der Waals surface area (Å²) in [5.74, 6) is 3.70. The molecule has 10 heteroatoms. The Morgan fingerprint density at radius 2 is 0.419 bits per heavy atom. The molecule has 6 heterocycles. The van der Waals surface area contributed by atoms with E-state index in [0.717, 1.165) is 94.6 Å². The fourth-order valence-electron chi connectivity index (χ4n) is 17.7. The van der Waals surface area contributed by atoms with Crippen LogP contribution in [0.3, 0.4) is 0 Å². The highest BCUT2D eigenvalue weighted by Gasteiger charge is 2.25. The third-order valence-corrected chi connectivity index (χ3v) is 26.2. The number of thiophene rings is 2. The van der Waals surface area contributed by atoms with Gasteiger partial charge in [-0.05, 0) is 133 Å². The molecule has 0 radical (unpaired) electrons. The van der Waals surface area contributed by atoms with Crippen LogP contribution in [0.4, 0.5) is 0 Å². The topological polar surface area (TPSA) is 87.2 Å². The monoisotopic (exact) mass is 1620 g/mol. The number of nitrogens with zero attached hydrogens (tertiary/aromatic N) is 8. The Kier molecular flexibility index (Phi) is 18.5. The van der Waals surface area contributed by atoms with Gasteiger partial charge in [-0.15, -0.1) is 22.7 Å². The lowest BCUT2D eigenvalue weighted by molar-refractivity contribution is 1.06. The van der Waals surface area contributed by atoms with Gasteiger partial charge in [-0.2, -0.15) is 0 Å². The van der Waals surface area contributed by atoms with Gasteiger partial charge in [0, 0.05) is 95.3 Å². The molecule has 0 saturated heterocycles. The van der Waals surface area contributed by atoms with Gasteiger partial charge in [-0.1, -0.05) is 370 Å². The van der Waals surface area contributed by atoms with Crippen LogP contribution in [0.1, 0.15) is 0 Å². The van der Waals surface area contributed by atoms with E-state index in [1.54, 1.807) is 0 Å². The van der Waals surface area contributed by atoms with Crippen LogP contribution in [0.2, 0.25) is 0 Å². The molecule has 0 atom stereocenters. The molecule has 580 valence electrons. The van der Waals surface area contributed by atoms with Crippen molar-refractivity contribution in [2.24, 2.45) is 0 Å². The van der Waals surface area contributed by atoms with Gasteiger partial charge in [0.1, 0.15) is 0 Å². The molecule has 24 rings (SSSR count). The van der Waals surface area contributed by atoms with Crippen molar-refractivity contribution in [2.45, 2.75) is 0 Å². The summed E-state index contributed by atoms with van der Waals surface area (Å²) in [6, 6.07) is 155. The average molecular weight is 1620 g/mol. The molecule has 6 aromatic heterocycles. The number of hydrogen-bond acceptors (Lipinski definition) is 8. The van der Waals surface area contributed by atoms with Crippen molar-refractivity contribution in [1.82, 2.24) is 39.0 Å². The van der Waals surface area contributed by atoms with Crippen LogP contribution in [0.25, 0.3) is 230 Å². The highest BCUT2D eigenvalue weighted by molar-refractivity contribution is 7.27. The number of hydrogen-bond donors (Lipinski definition) is 0. The molecular formula is C114H72N8S2. The normalized spacial score (nSPS) is 11.5. The van der Waals surface area contributed by atoms with Crippen molar-refractivity contribution in [2.75, 3.05) is 0 Å². The van der Waals surface area contributed by atoms with Gasteiger partial charge in [0.2, 0.25) is 0 Å². The summed E-state index contributed by atoms with van der Waals surface area (Å²) in [7, 11) is 0. The standard InChI is InChI=1S/2C57H36N4S/c1-4-16-37(17-5-1)39-30-32-41(33-31-39)55-58-56(43-23-14-22-42(34-43)38-18-6-2-7-19-38)60-57(59-55)47-25-11-13-29-51(47)61-50-28-12-10-24-45(50)48-35-49-46-27-15-26-44(40-20-8-3-9-21-40)54(46)62-53(49)36-52(48)61;1-4-15-37(16-5-1)39-27-31-42(32-28-39)55-58-56(43-33-29-40(30-34-43)38-17-6-2-7-18-38)60-57(59-55)47-22-11-13-26-51(47)61-50-25-12-10-21-45(50)48-35-49-46-24-14-23-44(41-19-8-3-9-20-41)54(46)62-53(49)36-52(48)61/h2*1-36H. The minimum Gasteiger partial charge on any atom is -0.308 e. The second-order valence-corrected chi connectivity index (χ2v) is 33.3. The minimum absolute atomic E-state index is 0.610. The third kappa shape index (κ3) is 13.3. The zero-order valence-corrected chi connectivity index (χ0v) is 68.6. The molecule has 0 bridgehead atoms. The second kappa shape index (κ2) is 31.3. The van der Waals surface area contributed by atoms with Crippen LogP contribution in [0, 0.1) is 0 Å². The second-order valence-electron chi connectivity index (χ2n) is 31.2. The Morgan fingerprint density at radius 1 is 0.153 bits per heavy atom. The molecule has 0 aliphatic rings. The molecule has 24 aromatic rings. The van der Waals surface area contributed by atoms with Gasteiger partial charge in [-0.3, -0.25) is 0 Å². The molecule has 0 unspecified atom stereocenters. The lowest BCUT2D eigenvalue weighted by atomic mass is 10.0. The van der Waals surface area contributed by atoms with E-state index < -0.39 is 0 Å². The number of rotatable bonds is 14. The Bertz CT molecular complexity index is 8070. The Labute approximate surface area is 723 Å². The fraction of sp³-hybridized carbons (Fsp3) is 0. The maximum atomic E-state index is 5.31. The molecule has 0 N–H and O–H groups in total. The Balaban J connectivity index is 0.000000143. The van der Waals surface area contributed by atoms with Gasteiger partial charge in [0.05, 0.1) is 33.4 Å². The van der Waals surface area contributed by atoms with E-state index in [9.17, 15) is 0 Å². The van der Waals surface area contributed by atoms with Crippen LogP contribution in [0.5, 0.6) is 0 Å². The predicted octanol–water partition coefficient (Wildman–Crippen LogP) is 30.7. The summed E-state index contributed by atoms with van der Waals surface area (Å²) in [4.78, 5) is 31.5. The fourth-order valence-corrected chi connectivity index (χ4v) is 20.3. The van der Waals surface area contributed by atoms with Crippen LogP contribution in [-0.2, 0) is 0 Å². The molecule has 18 aromatic carbocycles. The van der Waals surface area contributed by atoms with E-state index in [-0.39, 0.29) is 0 Å². The van der Waals surface area contributed by atoms with Crippen molar-refractivity contribution >= 4 is 107 Å². The maximum absolute atomic E-state index is 5.31.